The molecule has 0 saturated heterocycles. The molecule has 0 saturated carbocycles. The molecule has 1 rings (SSSR count). The van der Waals surface area contributed by atoms with Gasteiger partial charge >= 0.3 is 6.09 Å². The van der Waals surface area contributed by atoms with E-state index in [9.17, 15) is 4.79 Å². The number of alkyl halides is 1. The molecule has 1 aliphatic rings. The molecular formula is C10H16BrNO2. The summed E-state index contributed by atoms with van der Waals surface area (Å²) in [4.78, 5) is 13.5. The Bertz CT molecular complexity index is 245. The lowest BCUT2D eigenvalue weighted by Gasteiger charge is -2.29. The SMILES string of the molecule is CC(C)(C)OC(=O)N1CC=C[C@H](Br)C1. The lowest BCUT2D eigenvalue weighted by Crippen LogP contribution is -2.41. The Labute approximate surface area is 93.2 Å². The molecule has 0 bridgehead atoms. The molecule has 0 N–H and O–H groups in total. The van der Waals surface area contributed by atoms with Crippen molar-refractivity contribution >= 4 is 22.0 Å². The zero-order valence-corrected chi connectivity index (χ0v) is 10.4. The molecule has 0 unspecified atom stereocenters. The summed E-state index contributed by atoms with van der Waals surface area (Å²) in [5.41, 5.74) is -0.417. The quantitative estimate of drug-likeness (QED) is 0.496. The minimum Gasteiger partial charge on any atom is -0.444 e. The van der Waals surface area contributed by atoms with Crippen molar-refractivity contribution in [1.29, 1.82) is 0 Å². The average Bonchev–Trinajstić information content (AvgIpc) is 2.01. The Morgan fingerprint density at radius 2 is 2.21 bits per heavy atom. The molecule has 1 heterocycles. The second kappa shape index (κ2) is 4.34. The maximum absolute atomic E-state index is 11.6. The third kappa shape index (κ3) is 3.70. The average molecular weight is 262 g/mol. The summed E-state index contributed by atoms with van der Waals surface area (Å²) in [6, 6.07) is 0. The molecule has 0 aliphatic carbocycles. The largest absolute Gasteiger partial charge is 0.444 e. The summed E-state index contributed by atoms with van der Waals surface area (Å²) in [7, 11) is 0. The maximum atomic E-state index is 11.6. The fourth-order valence-electron chi connectivity index (χ4n) is 1.16. The molecular weight excluding hydrogens is 246 g/mol. The van der Waals surface area contributed by atoms with Crippen LogP contribution in [-0.4, -0.2) is 34.5 Å². The third-order valence-electron chi connectivity index (χ3n) is 1.72. The van der Waals surface area contributed by atoms with Crippen LogP contribution in [0.5, 0.6) is 0 Å². The van der Waals surface area contributed by atoms with Crippen molar-refractivity contribution in [3.63, 3.8) is 0 Å². The fourth-order valence-corrected chi connectivity index (χ4v) is 1.72. The summed E-state index contributed by atoms with van der Waals surface area (Å²) in [5.74, 6) is 0. The van der Waals surface area contributed by atoms with Gasteiger partial charge in [0.1, 0.15) is 5.60 Å². The van der Waals surface area contributed by atoms with Crippen LogP contribution < -0.4 is 0 Å². The Kier molecular flexibility index (Phi) is 3.59. The monoisotopic (exact) mass is 261 g/mol. The molecule has 14 heavy (non-hydrogen) atoms. The molecule has 1 aliphatic heterocycles. The van der Waals surface area contributed by atoms with E-state index in [1.165, 1.54) is 0 Å². The summed E-state index contributed by atoms with van der Waals surface area (Å²) < 4.78 is 5.26. The number of nitrogens with zero attached hydrogens (tertiary/aromatic N) is 1. The van der Waals surface area contributed by atoms with E-state index in [-0.39, 0.29) is 10.9 Å². The van der Waals surface area contributed by atoms with Crippen LogP contribution >= 0.6 is 15.9 Å². The first kappa shape index (κ1) is 11.6. The lowest BCUT2D eigenvalue weighted by molar-refractivity contribution is 0.0271. The van der Waals surface area contributed by atoms with Crippen LogP contribution in [0.1, 0.15) is 20.8 Å². The molecule has 80 valence electrons. The minimum absolute atomic E-state index is 0.240. The fraction of sp³-hybridized carbons (Fsp3) is 0.700. The van der Waals surface area contributed by atoms with Crippen LogP contribution in [0.15, 0.2) is 12.2 Å². The van der Waals surface area contributed by atoms with Crippen molar-refractivity contribution in [3.05, 3.63) is 12.2 Å². The van der Waals surface area contributed by atoms with E-state index in [0.29, 0.717) is 13.1 Å². The van der Waals surface area contributed by atoms with Crippen molar-refractivity contribution in [2.45, 2.75) is 31.2 Å². The molecule has 3 nitrogen and oxygen atoms in total. The molecule has 0 radical (unpaired) electrons. The Hall–Kier alpha value is -0.510. The van der Waals surface area contributed by atoms with Crippen molar-refractivity contribution in [3.8, 4) is 0 Å². The van der Waals surface area contributed by atoms with Crippen molar-refractivity contribution in [2.24, 2.45) is 0 Å². The van der Waals surface area contributed by atoms with Crippen molar-refractivity contribution in [2.75, 3.05) is 13.1 Å². The normalized spacial score (nSPS) is 22.3. The second-order valence-electron chi connectivity index (χ2n) is 4.33. The van der Waals surface area contributed by atoms with Gasteiger partial charge in [0, 0.05) is 13.1 Å². The summed E-state index contributed by atoms with van der Waals surface area (Å²) in [6.45, 7) is 6.92. The molecule has 1 atom stereocenters. The number of hydrogen-bond acceptors (Lipinski definition) is 2. The number of carbonyl (C=O) groups excluding carboxylic acids is 1. The molecule has 0 spiro atoms. The van der Waals surface area contributed by atoms with Crippen LogP contribution in [0.25, 0.3) is 0 Å². The number of ether oxygens (including phenoxy) is 1. The molecule has 0 aromatic heterocycles. The van der Waals surface area contributed by atoms with E-state index in [1.54, 1.807) is 4.90 Å². The highest BCUT2D eigenvalue weighted by atomic mass is 79.9. The first-order chi connectivity index (χ1) is 6.38. The first-order valence-corrected chi connectivity index (χ1v) is 5.59. The molecule has 0 aromatic carbocycles. The molecule has 4 heteroatoms. The van der Waals surface area contributed by atoms with Crippen LogP contribution in [-0.2, 0) is 4.74 Å². The first-order valence-electron chi connectivity index (χ1n) is 4.67. The number of hydrogen-bond donors (Lipinski definition) is 0. The van der Waals surface area contributed by atoms with E-state index < -0.39 is 5.60 Å². The zero-order chi connectivity index (χ0) is 10.8. The van der Waals surface area contributed by atoms with E-state index in [0.717, 1.165) is 0 Å². The molecule has 1 amide bonds. The Morgan fingerprint density at radius 1 is 1.57 bits per heavy atom. The van der Waals surface area contributed by atoms with Crippen molar-refractivity contribution in [1.82, 2.24) is 4.90 Å². The number of carbonyl (C=O) groups is 1. The topological polar surface area (TPSA) is 29.5 Å². The Morgan fingerprint density at radius 3 is 2.71 bits per heavy atom. The van der Waals surface area contributed by atoms with E-state index in [4.69, 9.17) is 4.74 Å². The van der Waals surface area contributed by atoms with Gasteiger partial charge in [-0.05, 0) is 20.8 Å². The molecule has 0 fully saturated rings. The van der Waals surface area contributed by atoms with Gasteiger partial charge in [0.25, 0.3) is 0 Å². The minimum atomic E-state index is -0.417. The third-order valence-corrected chi connectivity index (χ3v) is 2.31. The van der Waals surface area contributed by atoms with Crippen LogP contribution in [0.4, 0.5) is 4.79 Å². The second-order valence-corrected chi connectivity index (χ2v) is 5.51. The zero-order valence-electron chi connectivity index (χ0n) is 8.79. The van der Waals surface area contributed by atoms with Crippen LogP contribution in [0.2, 0.25) is 0 Å². The number of amides is 1. The predicted molar refractivity (Wildman–Crippen MR) is 59.7 cm³/mol. The highest BCUT2D eigenvalue weighted by Gasteiger charge is 2.24. The van der Waals surface area contributed by atoms with Crippen LogP contribution in [0.3, 0.4) is 0 Å². The van der Waals surface area contributed by atoms with E-state index in [2.05, 4.69) is 15.9 Å². The summed E-state index contributed by atoms with van der Waals surface area (Å²) in [6.07, 6.45) is 3.76. The lowest BCUT2D eigenvalue weighted by atomic mass is 10.2. The summed E-state index contributed by atoms with van der Waals surface area (Å²) >= 11 is 3.44. The maximum Gasteiger partial charge on any atom is 0.410 e. The highest BCUT2D eigenvalue weighted by Crippen LogP contribution is 2.14. The number of rotatable bonds is 0. The van der Waals surface area contributed by atoms with E-state index >= 15 is 0 Å². The van der Waals surface area contributed by atoms with Gasteiger partial charge < -0.3 is 9.64 Å². The predicted octanol–water partition coefficient (Wildman–Crippen LogP) is 2.56. The smallest absolute Gasteiger partial charge is 0.410 e. The van der Waals surface area contributed by atoms with Gasteiger partial charge in [-0.1, -0.05) is 28.1 Å². The van der Waals surface area contributed by atoms with Crippen LogP contribution in [0, 0.1) is 0 Å². The van der Waals surface area contributed by atoms with Gasteiger partial charge in [-0.3, -0.25) is 0 Å². The van der Waals surface area contributed by atoms with Gasteiger partial charge in [0.15, 0.2) is 0 Å². The van der Waals surface area contributed by atoms with Crippen molar-refractivity contribution < 1.29 is 9.53 Å². The number of halogens is 1. The van der Waals surface area contributed by atoms with Gasteiger partial charge in [-0.2, -0.15) is 0 Å². The Balaban J connectivity index is 2.50. The van der Waals surface area contributed by atoms with Gasteiger partial charge in [0.05, 0.1) is 4.83 Å². The van der Waals surface area contributed by atoms with Gasteiger partial charge in [-0.25, -0.2) is 4.79 Å². The van der Waals surface area contributed by atoms with Gasteiger partial charge in [-0.15, -0.1) is 0 Å². The molecule has 0 aromatic rings. The van der Waals surface area contributed by atoms with E-state index in [1.807, 2.05) is 32.9 Å². The standard InChI is InChI=1S/C10H16BrNO2/c1-10(2,3)14-9(13)12-6-4-5-8(11)7-12/h4-5,8H,6-7H2,1-3H3/t8-/m0/s1. The highest BCUT2D eigenvalue weighted by molar-refractivity contribution is 9.09. The summed E-state index contributed by atoms with van der Waals surface area (Å²) in [5, 5.41) is 0. The van der Waals surface area contributed by atoms with Gasteiger partial charge in [0.2, 0.25) is 0 Å².